The Kier molecular flexibility index (Phi) is 5.09. The van der Waals surface area contributed by atoms with E-state index in [9.17, 15) is 13.2 Å². The normalized spacial score (nSPS) is 13.1. The highest BCUT2D eigenvalue weighted by Crippen LogP contribution is 2.27. The van der Waals surface area contributed by atoms with E-state index >= 15 is 0 Å². The number of anilines is 1. The van der Waals surface area contributed by atoms with Crippen LogP contribution in [0.15, 0.2) is 23.1 Å². The van der Waals surface area contributed by atoms with Gasteiger partial charge in [-0.3, -0.25) is 4.79 Å². The van der Waals surface area contributed by atoms with E-state index in [-0.39, 0.29) is 16.5 Å². The Morgan fingerprint density at radius 2 is 1.95 bits per heavy atom. The molecule has 8 heteroatoms. The second-order valence-corrected chi connectivity index (χ2v) is 6.23. The average Bonchev–Trinajstić information content (AvgIpc) is 2.36. The molecule has 0 aliphatic carbocycles. The van der Waals surface area contributed by atoms with Crippen molar-refractivity contribution >= 4 is 21.6 Å². The van der Waals surface area contributed by atoms with E-state index in [2.05, 4.69) is 5.32 Å². The number of rotatable bonds is 5. The zero-order chi connectivity index (χ0) is 15.5. The van der Waals surface area contributed by atoms with Crippen LogP contribution in [0.5, 0.6) is 5.75 Å². The molecule has 0 bridgehead atoms. The summed E-state index contributed by atoms with van der Waals surface area (Å²) in [7, 11) is -2.45. The van der Waals surface area contributed by atoms with Crippen LogP contribution in [0.1, 0.15) is 13.8 Å². The molecule has 0 aromatic heterocycles. The molecule has 0 fully saturated rings. The molecule has 20 heavy (non-hydrogen) atoms. The summed E-state index contributed by atoms with van der Waals surface area (Å²) in [6.07, 6.45) is 0. The van der Waals surface area contributed by atoms with Gasteiger partial charge in [0.1, 0.15) is 5.75 Å². The van der Waals surface area contributed by atoms with Crippen LogP contribution in [0.25, 0.3) is 0 Å². The third-order valence-electron chi connectivity index (χ3n) is 2.78. The Bertz CT molecular complexity index is 599. The SMILES string of the molecule is COc1ccc(S(N)(=O)=O)cc1NC(=O)[C@H](N)C(C)C. The molecule has 0 spiro atoms. The van der Waals surface area contributed by atoms with Crippen molar-refractivity contribution in [1.82, 2.24) is 0 Å². The minimum Gasteiger partial charge on any atom is -0.495 e. The smallest absolute Gasteiger partial charge is 0.241 e. The monoisotopic (exact) mass is 301 g/mol. The van der Waals surface area contributed by atoms with Crippen LogP contribution in [-0.4, -0.2) is 27.5 Å². The standard InChI is InChI=1S/C12H19N3O4S/c1-7(2)11(13)12(16)15-9-6-8(20(14,17)18)4-5-10(9)19-3/h4-7,11H,13H2,1-3H3,(H,15,16)(H2,14,17,18)/t11-/m1/s1. The molecular weight excluding hydrogens is 282 g/mol. The van der Waals surface area contributed by atoms with Crippen molar-refractivity contribution in [2.75, 3.05) is 12.4 Å². The Balaban J connectivity index is 3.13. The molecule has 0 saturated carbocycles. The Morgan fingerprint density at radius 1 is 1.35 bits per heavy atom. The molecule has 1 aromatic rings. The van der Waals surface area contributed by atoms with Gasteiger partial charge < -0.3 is 15.8 Å². The minimum absolute atomic E-state index is 0.0533. The molecule has 0 radical (unpaired) electrons. The van der Waals surface area contributed by atoms with Crippen molar-refractivity contribution in [2.24, 2.45) is 16.8 Å². The molecule has 1 aromatic carbocycles. The molecular formula is C12H19N3O4S. The van der Waals surface area contributed by atoms with Crippen molar-refractivity contribution in [3.8, 4) is 5.75 Å². The molecule has 1 rings (SSSR count). The molecule has 0 unspecified atom stereocenters. The van der Waals surface area contributed by atoms with E-state index in [1.165, 1.54) is 25.3 Å². The first-order valence-electron chi connectivity index (χ1n) is 5.94. The number of benzene rings is 1. The largest absolute Gasteiger partial charge is 0.495 e. The second-order valence-electron chi connectivity index (χ2n) is 4.67. The fourth-order valence-corrected chi connectivity index (χ4v) is 2.02. The van der Waals surface area contributed by atoms with Crippen LogP contribution in [-0.2, 0) is 14.8 Å². The summed E-state index contributed by atoms with van der Waals surface area (Å²) in [4.78, 5) is 11.8. The van der Waals surface area contributed by atoms with Crippen LogP contribution in [0, 0.1) is 5.92 Å². The van der Waals surface area contributed by atoms with Gasteiger partial charge in [-0.05, 0) is 24.1 Å². The average molecular weight is 301 g/mol. The first-order valence-corrected chi connectivity index (χ1v) is 7.48. The van der Waals surface area contributed by atoms with Crippen LogP contribution >= 0.6 is 0 Å². The molecule has 0 heterocycles. The van der Waals surface area contributed by atoms with Crippen LogP contribution in [0.2, 0.25) is 0 Å². The lowest BCUT2D eigenvalue weighted by molar-refractivity contribution is -0.118. The molecule has 0 aliphatic heterocycles. The van der Waals surface area contributed by atoms with E-state index in [1.807, 2.05) is 13.8 Å². The summed E-state index contributed by atoms with van der Waals surface area (Å²) < 4.78 is 27.7. The minimum atomic E-state index is -3.86. The van der Waals surface area contributed by atoms with E-state index in [0.717, 1.165) is 0 Å². The van der Waals surface area contributed by atoms with E-state index in [0.29, 0.717) is 5.75 Å². The Hall–Kier alpha value is -1.64. The van der Waals surface area contributed by atoms with Crippen LogP contribution < -0.4 is 20.9 Å². The highest BCUT2D eigenvalue weighted by Gasteiger charge is 2.20. The third kappa shape index (κ3) is 3.92. The molecule has 1 atom stereocenters. The Morgan fingerprint density at radius 3 is 2.40 bits per heavy atom. The fourth-order valence-electron chi connectivity index (χ4n) is 1.48. The lowest BCUT2D eigenvalue weighted by atomic mass is 10.0. The third-order valence-corrected chi connectivity index (χ3v) is 3.69. The number of carbonyl (C=O) groups excluding carboxylic acids is 1. The molecule has 0 aliphatic rings. The van der Waals surface area contributed by atoms with Gasteiger partial charge in [-0.25, -0.2) is 13.6 Å². The van der Waals surface area contributed by atoms with Crippen LogP contribution in [0.4, 0.5) is 5.69 Å². The number of sulfonamides is 1. The predicted octanol–water partition coefficient (Wildman–Crippen LogP) is 0.264. The van der Waals surface area contributed by atoms with Gasteiger partial charge in [0.15, 0.2) is 0 Å². The van der Waals surface area contributed by atoms with Gasteiger partial charge in [-0.15, -0.1) is 0 Å². The molecule has 0 saturated heterocycles. The van der Waals surface area contributed by atoms with E-state index < -0.39 is 22.0 Å². The summed E-state index contributed by atoms with van der Waals surface area (Å²) in [6, 6.07) is 3.24. The van der Waals surface area contributed by atoms with Crippen molar-refractivity contribution in [2.45, 2.75) is 24.8 Å². The maximum absolute atomic E-state index is 11.9. The maximum atomic E-state index is 11.9. The summed E-state index contributed by atoms with van der Waals surface area (Å²) >= 11 is 0. The van der Waals surface area contributed by atoms with Crippen molar-refractivity contribution < 1.29 is 17.9 Å². The lowest BCUT2D eigenvalue weighted by Crippen LogP contribution is -2.39. The van der Waals surface area contributed by atoms with E-state index in [4.69, 9.17) is 15.6 Å². The number of ether oxygens (including phenoxy) is 1. The zero-order valence-corrected chi connectivity index (χ0v) is 12.4. The van der Waals surface area contributed by atoms with E-state index in [1.54, 1.807) is 0 Å². The van der Waals surface area contributed by atoms with Gasteiger partial charge in [0.2, 0.25) is 15.9 Å². The quantitative estimate of drug-likeness (QED) is 0.719. The van der Waals surface area contributed by atoms with Gasteiger partial charge in [0.25, 0.3) is 0 Å². The van der Waals surface area contributed by atoms with Gasteiger partial charge >= 0.3 is 0 Å². The topological polar surface area (TPSA) is 125 Å². The molecule has 1 amide bonds. The number of hydrogen-bond acceptors (Lipinski definition) is 5. The van der Waals surface area contributed by atoms with Crippen molar-refractivity contribution in [3.63, 3.8) is 0 Å². The highest BCUT2D eigenvalue weighted by atomic mass is 32.2. The predicted molar refractivity (Wildman–Crippen MR) is 75.8 cm³/mol. The number of primary sulfonamides is 1. The second kappa shape index (κ2) is 6.21. The van der Waals surface area contributed by atoms with Gasteiger partial charge in [0.05, 0.1) is 23.7 Å². The molecule has 7 nitrogen and oxygen atoms in total. The number of nitrogens with one attached hydrogen (secondary N) is 1. The number of methoxy groups -OCH3 is 1. The Labute approximate surface area is 118 Å². The fraction of sp³-hybridized carbons (Fsp3) is 0.417. The summed E-state index contributed by atoms with van der Waals surface area (Å²) in [5.74, 6) is -0.158. The number of hydrogen-bond donors (Lipinski definition) is 3. The lowest BCUT2D eigenvalue weighted by Gasteiger charge is -2.17. The number of nitrogens with two attached hydrogens (primary N) is 2. The summed E-state index contributed by atoms with van der Waals surface area (Å²) in [5, 5.41) is 7.60. The zero-order valence-electron chi connectivity index (χ0n) is 11.6. The summed E-state index contributed by atoms with van der Waals surface area (Å²) in [6.45, 7) is 3.62. The molecule has 5 N–H and O–H groups in total. The van der Waals surface area contributed by atoms with Crippen molar-refractivity contribution in [3.05, 3.63) is 18.2 Å². The first kappa shape index (κ1) is 16.4. The van der Waals surface area contributed by atoms with Crippen LogP contribution in [0.3, 0.4) is 0 Å². The molecule has 112 valence electrons. The van der Waals surface area contributed by atoms with Gasteiger partial charge in [0, 0.05) is 0 Å². The summed E-state index contributed by atoms with van der Waals surface area (Å²) in [5.41, 5.74) is 5.94. The number of carbonyl (C=O) groups is 1. The maximum Gasteiger partial charge on any atom is 0.241 e. The van der Waals surface area contributed by atoms with Gasteiger partial charge in [-0.2, -0.15) is 0 Å². The van der Waals surface area contributed by atoms with Crippen molar-refractivity contribution in [1.29, 1.82) is 0 Å². The van der Waals surface area contributed by atoms with Gasteiger partial charge in [-0.1, -0.05) is 13.8 Å². The number of amides is 1. The highest BCUT2D eigenvalue weighted by molar-refractivity contribution is 7.89. The first-order chi connectivity index (χ1) is 9.16.